The lowest BCUT2D eigenvalue weighted by molar-refractivity contribution is 0.569. The van der Waals surface area contributed by atoms with Gasteiger partial charge in [0, 0.05) is 12.1 Å². The van der Waals surface area contributed by atoms with Crippen LogP contribution in [0.4, 0.5) is 5.82 Å². The summed E-state index contributed by atoms with van der Waals surface area (Å²) in [5.74, 6) is 0.924. The molecule has 0 aromatic carbocycles. The van der Waals surface area contributed by atoms with E-state index in [0.717, 1.165) is 25.2 Å². The van der Waals surface area contributed by atoms with E-state index in [1.54, 1.807) is 0 Å². The maximum Gasteiger partial charge on any atom is 0.125 e. The van der Waals surface area contributed by atoms with Crippen molar-refractivity contribution in [2.75, 3.05) is 5.73 Å². The summed E-state index contributed by atoms with van der Waals surface area (Å²) >= 11 is 0. The molecule has 0 saturated carbocycles. The normalized spacial score (nSPS) is 15.5. The Morgan fingerprint density at radius 2 is 2.14 bits per heavy atom. The van der Waals surface area contributed by atoms with Gasteiger partial charge in [-0.25, -0.2) is 4.68 Å². The Hall–Kier alpha value is -0.990. The summed E-state index contributed by atoms with van der Waals surface area (Å²) in [6.45, 7) is 3.18. The highest BCUT2D eigenvalue weighted by atomic mass is 15.3. The van der Waals surface area contributed by atoms with Crippen LogP contribution >= 0.6 is 0 Å². The minimum Gasteiger partial charge on any atom is -0.384 e. The predicted molar refractivity (Wildman–Crippen MR) is 58.2 cm³/mol. The van der Waals surface area contributed by atoms with Crippen LogP contribution in [0.5, 0.6) is 0 Å². The van der Waals surface area contributed by atoms with Gasteiger partial charge in [0.2, 0.25) is 0 Å². The van der Waals surface area contributed by atoms with Crippen molar-refractivity contribution >= 4 is 5.82 Å². The molecule has 1 aliphatic rings. The van der Waals surface area contributed by atoms with E-state index < -0.39 is 0 Å². The zero-order chi connectivity index (χ0) is 9.97. The molecule has 0 radical (unpaired) electrons. The van der Waals surface area contributed by atoms with Crippen molar-refractivity contribution in [3.63, 3.8) is 0 Å². The molecule has 1 aromatic rings. The molecule has 3 heteroatoms. The van der Waals surface area contributed by atoms with Gasteiger partial charge in [-0.2, -0.15) is 5.10 Å². The Labute approximate surface area is 85.3 Å². The molecule has 1 aromatic heterocycles. The summed E-state index contributed by atoms with van der Waals surface area (Å²) in [6, 6.07) is 0. The Balaban J connectivity index is 2.20. The third-order valence-electron chi connectivity index (χ3n) is 2.99. The van der Waals surface area contributed by atoms with Gasteiger partial charge in [-0.15, -0.1) is 0 Å². The van der Waals surface area contributed by atoms with Crippen LogP contribution in [0.3, 0.4) is 0 Å². The fourth-order valence-corrected chi connectivity index (χ4v) is 2.11. The number of unbranched alkanes of at least 4 members (excludes halogenated alkanes) is 1. The molecule has 2 N–H and O–H groups in total. The molecule has 78 valence electrons. The maximum absolute atomic E-state index is 6.07. The van der Waals surface area contributed by atoms with Gasteiger partial charge in [0.15, 0.2) is 0 Å². The first-order valence-corrected chi connectivity index (χ1v) is 5.67. The number of nitrogens with zero attached hydrogens (tertiary/aromatic N) is 2. The van der Waals surface area contributed by atoms with Crippen molar-refractivity contribution < 1.29 is 0 Å². The summed E-state index contributed by atoms with van der Waals surface area (Å²) in [4.78, 5) is 0. The van der Waals surface area contributed by atoms with E-state index in [2.05, 4.69) is 12.0 Å². The lowest BCUT2D eigenvalue weighted by Crippen LogP contribution is -2.05. The summed E-state index contributed by atoms with van der Waals surface area (Å²) in [7, 11) is 0. The predicted octanol–water partition coefficient (Wildman–Crippen LogP) is 2.14. The van der Waals surface area contributed by atoms with Gasteiger partial charge in [-0.05, 0) is 32.1 Å². The second kappa shape index (κ2) is 4.03. The molecule has 1 aliphatic carbocycles. The lowest BCUT2D eigenvalue weighted by atomic mass is 9.98. The number of hydrogen-bond donors (Lipinski definition) is 1. The van der Waals surface area contributed by atoms with E-state index in [9.17, 15) is 0 Å². The fraction of sp³-hybridized carbons (Fsp3) is 0.727. The van der Waals surface area contributed by atoms with Crippen molar-refractivity contribution in [1.29, 1.82) is 0 Å². The van der Waals surface area contributed by atoms with Crippen molar-refractivity contribution in [1.82, 2.24) is 9.78 Å². The smallest absolute Gasteiger partial charge is 0.125 e. The van der Waals surface area contributed by atoms with Crippen LogP contribution in [-0.2, 0) is 19.4 Å². The van der Waals surface area contributed by atoms with Crippen LogP contribution in [0.25, 0.3) is 0 Å². The van der Waals surface area contributed by atoms with Gasteiger partial charge in [0.05, 0.1) is 5.69 Å². The van der Waals surface area contributed by atoms with Gasteiger partial charge in [0.25, 0.3) is 0 Å². The molecule has 0 fully saturated rings. The van der Waals surface area contributed by atoms with E-state index >= 15 is 0 Å². The van der Waals surface area contributed by atoms with E-state index in [0.29, 0.717) is 0 Å². The molecule has 0 bridgehead atoms. The average Bonchev–Trinajstić information content (AvgIpc) is 2.54. The molecule has 2 rings (SSSR count). The number of anilines is 1. The maximum atomic E-state index is 6.07. The second-order valence-electron chi connectivity index (χ2n) is 4.09. The first-order chi connectivity index (χ1) is 6.83. The van der Waals surface area contributed by atoms with Crippen molar-refractivity contribution in [2.45, 2.75) is 52.0 Å². The minimum absolute atomic E-state index is 0.924. The highest BCUT2D eigenvalue weighted by molar-refractivity contribution is 5.44. The van der Waals surface area contributed by atoms with Gasteiger partial charge in [-0.1, -0.05) is 13.3 Å². The summed E-state index contributed by atoms with van der Waals surface area (Å²) in [5.41, 5.74) is 8.65. The molecule has 1 heterocycles. The molecule has 0 spiro atoms. The standard InChI is InChI=1S/C11H19N3/c1-2-3-8-14-11(12)9-6-4-5-7-10(9)13-14/h2-8,12H2,1H3. The summed E-state index contributed by atoms with van der Waals surface area (Å²) < 4.78 is 2.00. The third-order valence-corrected chi connectivity index (χ3v) is 2.99. The van der Waals surface area contributed by atoms with Crippen LogP contribution in [0.15, 0.2) is 0 Å². The van der Waals surface area contributed by atoms with E-state index in [1.165, 1.54) is 36.9 Å². The fourth-order valence-electron chi connectivity index (χ4n) is 2.11. The van der Waals surface area contributed by atoms with Crippen LogP contribution < -0.4 is 5.73 Å². The summed E-state index contributed by atoms with van der Waals surface area (Å²) in [6.07, 6.45) is 7.18. The molecule has 0 unspecified atom stereocenters. The minimum atomic E-state index is 0.924. The van der Waals surface area contributed by atoms with Gasteiger partial charge in [0.1, 0.15) is 5.82 Å². The van der Waals surface area contributed by atoms with Crippen LogP contribution in [0.2, 0.25) is 0 Å². The van der Waals surface area contributed by atoms with Gasteiger partial charge in [-0.3, -0.25) is 0 Å². The van der Waals surface area contributed by atoms with Crippen LogP contribution in [0, 0.1) is 0 Å². The Bertz CT molecular complexity index is 315. The third kappa shape index (κ3) is 1.63. The Kier molecular flexibility index (Phi) is 2.75. The highest BCUT2D eigenvalue weighted by Gasteiger charge is 2.17. The van der Waals surface area contributed by atoms with Crippen LogP contribution in [0.1, 0.15) is 43.9 Å². The molecule has 14 heavy (non-hydrogen) atoms. The van der Waals surface area contributed by atoms with E-state index in [4.69, 9.17) is 5.73 Å². The molecular weight excluding hydrogens is 174 g/mol. The first-order valence-electron chi connectivity index (χ1n) is 5.67. The number of aryl methyl sites for hydroxylation is 2. The van der Waals surface area contributed by atoms with Gasteiger partial charge >= 0.3 is 0 Å². The number of rotatable bonds is 3. The SMILES string of the molecule is CCCCn1nc2c(c1N)CCCC2. The zero-order valence-electron chi connectivity index (χ0n) is 8.92. The largest absolute Gasteiger partial charge is 0.384 e. The van der Waals surface area contributed by atoms with E-state index in [1.807, 2.05) is 4.68 Å². The first kappa shape index (κ1) is 9.56. The molecule has 3 nitrogen and oxygen atoms in total. The number of nitrogen functional groups attached to an aromatic ring is 1. The molecule has 0 saturated heterocycles. The lowest BCUT2D eigenvalue weighted by Gasteiger charge is -2.08. The van der Waals surface area contributed by atoms with Gasteiger partial charge < -0.3 is 5.73 Å². The molecule has 0 amide bonds. The number of hydrogen-bond acceptors (Lipinski definition) is 2. The Morgan fingerprint density at radius 1 is 1.36 bits per heavy atom. The number of fused-ring (bicyclic) bond motifs is 1. The summed E-state index contributed by atoms with van der Waals surface area (Å²) in [5, 5.41) is 4.58. The quantitative estimate of drug-likeness (QED) is 0.799. The molecular formula is C11H19N3. The molecule has 0 aliphatic heterocycles. The monoisotopic (exact) mass is 193 g/mol. The van der Waals surface area contributed by atoms with E-state index in [-0.39, 0.29) is 0 Å². The average molecular weight is 193 g/mol. The highest BCUT2D eigenvalue weighted by Crippen LogP contribution is 2.25. The number of aromatic nitrogens is 2. The zero-order valence-corrected chi connectivity index (χ0v) is 8.92. The second-order valence-corrected chi connectivity index (χ2v) is 4.09. The molecule has 0 atom stereocenters. The van der Waals surface area contributed by atoms with Crippen LogP contribution in [-0.4, -0.2) is 9.78 Å². The van der Waals surface area contributed by atoms with Crippen molar-refractivity contribution in [3.05, 3.63) is 11.3 Å². The Morgan fingerprint density at radius 3 is 2.86 bits per heavy atom. The topological polar surface area (TPSA) is 43.8 Å². The van der Waals surface area contributed by atoms with Crippen molar-refractivity contribution in [3.8, 4) is 0 Å². The van der Waals surface area contributed by atoms with Crippen molar-refractivity contribution in [2.24, 2.45) is 0 Å². The number of nitrogens with two attached hydrogens (primary N) is 1.